The molecular weight excluding hydrogens is 532 g/mol. The molecule has 1 saturated heterocycles. The first-order valence-electron chi connectivity index (χ1n) is 14.4. The number of fused-ring (bicyclic) bond motifs is 1. The number of primary amides is 1. The number of carbonyl (C=O) groups is 1. The number of H-pyrrole nitrogens is 1. The number of benzene rings is 3. The molecule has 6 rings (SSSR count). The third kappa shape index (κ3) is 6.14. The number of anilines is 1. The molecule has 0 spiro atoms. The highest BCUT2D eigenvalue weighted by atomic mass is 35.5. The van der Waals surface area contributed by atoms with Crippen molar-refractivity contribution in [3.8, 4) is 11.5 Å². The van der Waals surface area contributed by atoms with Gasteiger partial charge in [-0.15, -0.1) is 0 Å². The lowest BCUT2D eigenvalue weighted by Gasteiger charge is -2.39. The molecule has 0 saturated carbocycles. The number of nitrogens with two attached hydrogens (primary N) is 1. The monoisotopic (exact) mass is 568 g/mol. The SMILES string of the molecule is CC1(C)CCC(CN2CCN(c3ccc(C(N)=O)c(Oc4ccc5[nH]ccc5c4)c3)CC2)=C(c2ccc(Cl)cc2)C1. The van der Waals surface area contributed by atoms with Crippen molar-refractivity contribution in [3.63, 3.8) is 0 Å². The number of amides is 1. The number of nitrogens with one attached hydrogen (secondary N) is 1. The van der Waals surface area contributed by atoms with Crippen molar-refractivity contribution in [1.82, 2.24) is 9.88 Å². The Morgan fingerprint density at radius 1 is 1.00 bits per heavy atom. The van der Waals surface area contributed by atoms with Crippen molar-refractivity contribution in [2.45, 2.75) is 33.1 Å². The topological polar surface area (TPSA) is 74.6 Å². The van der Waals surface area contributed by atoms with Crippen LogP contribution in [0.1, 0.15) is 49.0 Å². The van der Waals surface area contributed by atoms with Gasteiger partial charge in [-0.25, -0.2) is 0 Å². The number of halogens is 1. The first kappa shape index (κ1) is 27.4. The van der Waals surface area contributed by atoms with Crippen LogP contribution in [0.25, 0.3) is 16.5 Å². The fourth-order valence-electron chi connectivity index (χ4n) is 6.12. The van der Waals surface area contributed by atoms with E-state index in [1.54, 1.807) is 11.6 Å². The molecular formula is C34H37ClN4O2. The van der Waals surface area contributed by atoms with Gasteiger partial charge in [0.2, 0.25) is 0 Å². The smallest absolute Gasteiger partial charge is 0.252 e. The van der Waals surface area contributed by atoms with Crippen molar-refractivity contribution in [1.29, 1.82) is 0 Å². The molecule has 1 aliphatic carbocycles. The van der Waals surface area contributed by atoms with Gasteiger partial charge in [-0.2, -0.15) is 0 Å². The minimum Gasteiger partial charge on any atom is -0.456 e. The van der Waals surface area contributed by atoms with Crippen LogP contribution < -0.4 is 15.4 Å². The molecule has 7 heteroatoms. The summed E-state index contributed by atoms with van der Waals surface area (Å²) in [5, 5.41) is 1.83. The van der Waals surface area contributed by atoms with Crippen LogP contribution in [0.15, 0.2) is 78.5 Å². The molecule has 2 heterocycles. The van der Waals surface area contributed by atoms with Crippen molar-refractivity contribution >= 4 is 39.7 Å². The van der Waals surface area contributed by atoms with E-state index in [-0.39, 0.29) is 0 Å². The Labute approximate surface area is 246 Å². The number of hydrogen-bond donors (Lipinski definition) is 2. The fraction of sp³-hybridized carbons (Fsp3) is 0.324. The van der Waals surface area contributed by atoms with Crippen LogP contribution >= 0.6 is 11.6 Å². The summed E-state index contributed by atoms with van der Waals surface area (Å²) >= 11 is 6.19. The maximum Gasteiger partial charge on any atom is 0.252 e. The molecule has 41 heavy (non-hydrogen) atoms. The number of hydrogen-bond acceptors (Lipinski definition) is 4. The second-order valence-corrected chi connectivity index (χ2v) is 12.5. The molecule has 6 nitrogen and oxygen atoms in total. The number of carbonyl (C=O) groups excluding carboxylic acids is 1. The van der Waals surface area contributed by atoms with Gasteiger partial charge in [-0.3, -0.25) is 9.69 Å². The molecule has 1 fully saturated rings. The number of allylic oxidation sites excluding steroid dienone is 1. The van der Waals surface area contributed by atoms with Crippen molar-refractivity contribution < 1.29 is 9.53 Å². The van der Waals surface area contributed by atoms with E-state index in [1.807, 2.05) is 54.7 Å². The van der Waals surface area contributed by atoms with E-state index in [4.69, 9.17) is 22.1 Å². The molecule has 4 aromatic rings. The number of nitrogens with zero attached hydrogens (tertiary/aromatic N) is 2. The molecule has 0 bridgehead atoms. The predicted octanol–water partition coefficient (Wildman–Crippen LogP) is 7.50. The highest BCUT2D eigenvalue weighted by molar-refractivity contribution is 6.30. The van der Waals surface area contributed by atoms with Crippen LogP contribution in [0.4, 0.5) is 5.69 Å². The number of rotatable bonds is 7. The van der Waals surface area contributed by atoms with Crippen molar-refractivity contribution in [2.24, 2.45) is 11.1 Å². The summed E-state index contributed by atoms with van der Waals surface area (Å²) in [5.41, 5.74) is 12.8. The Balaban J connectivity index is 1.17. The van der Waals surface area contributed by atoms with E-state index in [9.17, 15) is 4.79 Å². The summed E-state index contributed by atoms with van der Waals surface area (Å²) < 4.78 is 6.21. The lowest BCUT2D eigenvalue weighted by molar-refractivity contribution is 0.0998. The van der Waals surface area contributed by atoms with Crippen LogP contribution in [0.3, 0.4) is 0 Å². The van der Waals surface area contributed by atoms with Crippen LogP contribution in [-0.2, 0) is 0 Å². The highest BCUT2D eigenvalue weighted by Crippen LogP contribution is 2.43. The zero-order valence-electron chi connectivity index (χ0n) is 23.8. The summed E-state index contributed by atoms with van der Waals surface area (Å²) in [5.74, 6) is 0.649. The maximum absolute atomic E-state index is 12.2. The summed E-state index contributed by atoms with van der Waals surface area (Å²) in [6.07, 6.45) is 5.34. The molecule has 1 amide bonds. The molecule has 1 aliphatic heterocycles. The third-order valence-electron chi connectivity index (χ3n) is 8.51. The van der Waals surface area contributed by atoms with Crippen LogP contribution in [0, 0.1) is 5.41 Å². The molecule has 3 N–H and O–H groups in total. The Bertz CT molecular complexity index is 1600. The van der Waals surface area contributed by atoms with E-state index in [0.29, 0.717) is 22.5 Å². The molecule has 1 aromatic heterocycles. The predicted molar refractivity (Wildman–Crippen MR) is 168 cm³/mol. The van der Waals surface area contributed by atoms with Crippen LogP contribution in [0.5, 0.6) is 11.5 Å². The number of aromatic amines is 1. The minimum absolute atomic E-state index is 0.307. The average molecular weight is 569 g/mol. The standard InChI is InChI=1S/C34H37ClN4O2/c1-34(2)13-11-25(30(21-34)23-3-5-26(35)6-4-23)22-38-15-17-39(18-16-38)27-7-9-29(33(36)40)32(20-27)41-28-8-10-31-24(19-28)12-14-37-31/h3-10,12,14,19-20,37H,11,13,15-18,21-22H2,1-2H3,(H2,36,40). The van der Waals surface area contributed by atoms with E-state index in [0.717, 1.165) is 67.2 Å². The Morgan fingerprint density at radius 2 is 1.78 bits per heavy atom. The maximum atomic E-state index is 12.2. The van der Waals surface area contributed by atoms with Crippen LogP contribution in [-0.4, -0.2) is 48.5 Å². The molecule has 0 radical (unpaired) electrons. The van der Waals surface area contributed by atoms with E-state index in [2.05, 4.69) is 40.8 Å². The molecule has 3 aromatic carbocycles. The van der Waals surface area contributed by atoms with E-state index in [1.165, 1.54) is 17.6 Å². The summed E-state index contributed by atoms with van der Waals surface area (Å²) in [6.45, 7) is 9.49. The molecule has 0 unspecified atom stereocenters. The van der Waals surface area contributed by atoms with Gasteiger partial charge >= 0.3 is 0 Å². The van der Waals surface area contributed by atoms with Gasteiger partial charge in [-0.05, 0) is 84.3 Å². The first-order chi connectivity index (χ1) is 19.7. The highest BCUT2D eigenvalue weighted by Gasteiger charge is 2.29. The van der Waals surface area contributed by atoms with Gasteiger partial charge in [-0.1, -0.05) is 43.2 Å². The quantitative estimate of drug-likeness (QED) is 0.242. The fourth-order valence-corrected chi connectivity index (χ4v) is 6.24. The molecule has 212 valence electrons. The number of ether oxygens (including phenoxy) is 1. The lowest BCUT2D eigenvalue weighted by Crippen LogP contribution is -2.47. The van der Waals surface area contributed by atoms with Gasteiger partial charge in [0.25, 0.3) is 5.91 Å². The summed E-state index contributed by atoms with van der Waals surface area (Å²) in [6, 6.07) is 21.9. The van der Waals surface area contributed by atoms with Crippen molar-refractivity contribution in [3.05, 3.63) is 94.6 Å². The second kappa shape index (κ2) is 11.3. The minimum atomic E-state index is -0.500. The first-order valence-corrected chi connectivity index (χ1v) is 14.7. The largest absolute Gasteiger partial charge is 0.456 e. The zero-order valence-corrected chi connectivity index (χ0v) is 24.5. The van der Waals surface area contributed by atoms with Gasteiger partial charge in [0.15, 0.2) is 0 Å². The van der Waals surface area contributed by atoms with Gasteiger partial charge in [0.1, 0.15) is 11.5 Å². The van der Waals surface area contributed by atoms with Crippen molar-refractivity contribution in [2.75, 3.05) is 37.6 Å². The van der Waals surface area contributed by atoms with Gasteiger partial charge < -0.3 is 20.4 Å². The number of aromatic nitrogens is 1. The second-order valence-electron chi connectivity index (χ2n) is 12.1. The lowest BCUT2D eigenvalue weighted by atomic mass is 9.72. The van der Waals surface area contributed by atoms with Gasteiger partial charge in [0, 0.05) is 66.6 Å². The molecule has 2 aliphatic rings. The summed E-state index contributed by atoms with van der Waals surface area (Å²) in [7, 11) is 0. The Kier molecular flexibility index (Phi) is 7.54. The Morgan fingerprint density at radius 3 is 2.54 bits per heavy atom. The van der Waals surface area contributed by atoms with Gasteiger partial charge in [0.05, 0.1) is 5.56 Å². The van der Waals surface area contributed by atoms with E-state index >= 15 is 0 Å². The third-order valence-corrected chi connectivity index (χ3v) is 8.77. The number of piperazine rings is 1. The average Bonchev–Trinajstić information content (AvgIpc) is 3.43. The zero-order chi connectivity index (χ0) is 28.6. The normalized spacial score (nSPS) is 17.7. The molecule has 0 atom stereocenters. The van der Waals surface area contributed by atoms with Crippen LogP contribution in [0.2, 0.25) is 5.02 Å². The Hall–Kier alpha value is -3.74. The van der Waals surface area contributed by atoms with E-state index < -0.39 is 5.91 Å². The summed E-state index contributed by atoms with van der Waals surface area (Å²) in [4.78, 5) is 20.3.